The molecule has 2 fully saturated rings. The molecule has 3 aromatic rings. The van der Waals surface area contributed by atoms with Gasteiger partial charge >= 0.3 is 0 Å². The minimum atomic E-state index is -0.272. The SMILES string of the molecule is N#Cc1cn(-c2c[nH]n(-c3cc(N4CCN(C5CCC5)CC4)ncn3)c2=O)cn1. The van der Waals surface area contributed by atoms with Crippen LogP contribution < -0.4 is 10.5 Å². The molecule has 1 aliphatic heterocycles. The second-order valence-electron chi connectivity index (χ2n) is 7.42. The Morgan fingerprint density at radius 1 is 1.10 bits per heavy atom. The maximum Gasteiger partial charge on any atom is 0.296 e. The molecule has 1 saturated heterocycles. The first-order valence-corrected chi connectivity index (χ1v) is 9.79. The molecule has 1 aliphatic carbocycles. The Kier molecular flexibility index (Phi) is 4.37. The maximum absolute atomic E-state index is 12.8. The average Bonchev–Trinajstić information content (AvgIpc) is 3.33. The number of rotatable bonds is 4. The summed E-state index contributed by atoms with van der Waals surface area (Å²) in [6.45, 7) is 3.92. The van der Waals surface area contributed by atoms with Gasteiger partial charge in [0.25, 0.3) is 5.56 Å². The molecule has 5 rings (SSSR count). The van der Waals surface area contributed by atoms with E-state index in [9.17, 15) is 4.79 Å². The van der Waals surface area contributed by atoms with Crippen molar-refractivity contribution < 1.29 is 0 Å². The molecule has 0 amide bonds. The number of anilines is 1. The third-order valence-corrected chi connectivity index (χ3v) is 5.82. The van der Waals surface area contributed by atoms with E-state index in [0.717, 1.165) is 38.0 Å². The summed E-state index contributed by atoms with van der Waals surface area (Å²) < 4.78 is 2.90. The third kappa shape index (κ3) is 3.19. The number of nitrogens with zero attached hydrogens (tertiary/aromatic N) is 8. The summed E-state index contributed by atoms with van der Waals surface area (Å²) in [4.78, 5) is 30.3. The fourth-order valence-electron chi connectivity index (χ4n) is 3.93. The van der Waals surface area contributed by atoms with Crippen molar-refractivity contribution in [2.45, 2.75) is 25.3 Å². The van der Waals surface area contributed by atoms with E-state index in [-0.39, 0.29) is 11.3 Å². The van der Waals surface area contributed by atoms with E-state index in [4.69, 9.17) is 5.26 Å². The Hall–Kier alpha value is -3.45. The molecule has 0 atom stereocenters. The van der Waals surface area contributed by atoms with Gasteiger partial charge in [-0.3, -0.25) is 19.4 Å². The predicted octanol–water partition coefficient (Wildman–Crippen LogP) is 0.687. The Morgan fingerprint density at radius 2 is 1.90 bits per heavy atom. The van der Waals surface area contributed by atoms with Gasteiger partial charge in [0, 0.05) is 50.7 Å². The second-order valence-corrected chi connectivity index (χ2v) is 7.42. The van der Waals surface area contributed by atoms with E-state index < -0.39 is 0 Å². The van der Waals surface area contributed by atoms with Crippen LogP contribution in [0.25, 0.3) is 11.5 Å². The number of aromatic amines is 1. The van der Waals surface area contributed by atoms with E-state index in [0.29, 0.717) is 11.5 Å². The number of hydrogen-bond donors (Lipinski definition) is 1. The number of imidazole rings is 1. The number of hydrogen-bond acceptors (Lipinski definition) is 7. The van der Waals surface area contributed by atoms with Crippen LogP contribution >= 0.6 is 0 Å². The summed E-state index contributed by atoms with van der Waals surface area (Å²) in [6, 6.07) is 4.55. The highest BCUT2D eigenvalue weighted by molar-refractivity contribution is 5.44. The molecular weight excluding hydrogens is 370 g/mol. The summed E-state index contributed by atoms with van der Waals surface area (Å²) in [6.07, 6.45) is 10.0. The molecule has 1 saturated carbocycles. The van der Waals surface area contributed by atoms with Crippen LogP contribution in [0.1, 0.15) is 25.0 Å². The molecule has 0 radical (unpaired) electrons. The lowest BCUT2D eigenvalue weighted by Crippen LogP contribution is -2.52. The summed E-state index contributed by atoms with van der Waals surface area (Å²) in [5, 5.41) is 11.9. The van der Waals surface area contributed by atoms with E-state index in [1.54, 1.807) is 6.20 Å². The van der Waals surface area contributed by atoms with Crippen LogP contribution in [0.4, 0.5) is 5.82 Å². The average molecular weight is 391 g/mol. The molecule has 3 aromatic heterocycles. The lowest BCUT2D eigenvalue weighted by molar-refractivity contribution is 0.120. The Morgan fingerprint density at radius 3 is 2.59 bits per heavy atom. The zero-order valence-corrected chi connectivity index (χ0v) is 15.9. The minimum Gasteiger partial charge on any atom is -0.354 e. The first-order chi connectivity index (χ1) is 14.2. The third-order valence-electron chi connectivity index (χ3n) is 5.82. The Labute approximate surface area is 167 Å². The molecule has 1 N–H and O–H groups in total. The van der Waals surface area contributed by atoms with Gasteiger partial charge < -0.3 is 4.90 Å². The molecule has 148 valence electrons. The van der Waals surface area contributed by atoms with Crippen LogP contribution in [0, 0.1) is 11.3 Å². The van der Waals surface area contributed by atoms with Crippen LogP contribution in [0.3, 0.4) is 0 Å². The fraction of sp³-hybridized carbons (Fsp3) is 0.421. The van der Waals surface area contributed by atoms with Crippen LogP contribution in [-0.4, -0.2) is 66.4 Å². The first-order valence-electron chi connectivity index (χ1n) is 9.79. The van der Waals surface area contributed by atoms with E-state index in [2.05, 4.69) is 29.9 Å². The molecule has 2 aliphatic rings. The van der Waals surface area contributed by atoms with Crippen molar-refractivity contribution in [3.8, 4) is 17.6 Å². The van der Waals surface area contributed by atoms with Gasteiger partial charge in [-0.15, -0.1) is 0 Å². The van der Waals surface area contributed by atoms with Crippen molar-refractivity contribution in [3.05, 3.63) is 47.2 Å². The highest BCUT2D eigenvalue weighted by atomic mass is 16.1. The van der Waals surface area contributed by atoms with Crippen molar-refractivity contribution in [1.29, 1.82) is 5.26 Å². The Balaban J connectivity index is 1.36. The van der Waals surface area contributed by atoms with Gasteiger partial charge in [-0.1, -0.05) is 6.42 Å². The fourth-order valence-corrected chi connectivity index (χ4v) is 3.93. The van der Waals surface area contributed by atoms with Crippen LogP contribution in [0.2, 0.25) is 0 Å². The van der Waals surface area contributed by atoms with Crippen molar-refractivity contribution in [1.82, 2.24) is 34.2 Å². The molecule has 10 nitrogen and oxygen atoms in total. The standard InChI is InChI=1S/C19H21N9O/c20-9-14-11-27(13-23-14)16-10-24-28(19(16)29)18-8-17(21-12-22-18)26-6-4-25(5-7-26)15-2-1-3-15/h8,10-13,15,24H,1-7H2. The van der Waals surface area contributed by atoms with Gasteiger partial charge in [0.2, 0.25) is 0 Å². The largest absolute Gasteiger partial charge is 0.354 e. The molecule has 29 heavy (non-hydrogen) atoms. The zero-order chi connectivity index (χ0) is 19.8. The summed E-state index contributed by atoms with van der Waals surface area (Å²) in [5.41, 5.74) is 0.349. The van der Waals surface area contributed by atoms with Gasteiger partial charge in [0.05, 0.1) is 0 Å². The first kappa shape index (κ1) is 17.6. The smallest absolute Gasteiger partial charge is 0.296 e. The zero-order valence-electron chi connectivity index (χ0n) is 15.9. The van der Waals surface area contributed by atoms with Gasteiger partial charge in [-0.2, -0.15) is 9.94 Å². The summed E-state index contributed by atoms with van der Waals surface area (Å²) >= 11 is 0. The highest BCUT2D eigenvalue weighted by Crippen LogP contribution is 2.26. The van der Waals surface area contributed by atoms with Gasteiger partial charge in [-0.05, 0) is 12.8 Å². The van der Waals surface area contributed by atoms with Crippen molar-refractivity contribution in [2.75, 3.05) is 31.1 Å². The van der Waals surface area contributed by atoms with E-state index >= 15 is 0 Å². The van der Waals surface area contributed by atoms with Gasteiger partial charge in [0.1, 0.15) is 30.2 Å². The van der Waals surface area contributed by atoms with Crippen molar-refractivity contribution in [2.24, 2.45) is 0 Å². The van der Waals surface area contributed by atoms with Crippen molar-refractivity contribution >= 4 is 5.82 Å². The molecular formula is C19H21N9O. The number of aromatic nitrogens is 6. The quantitative estimate of drug-likeness (QED) is 0.696. The highest BCUT2D eigenvalue weighted by Gasteiger charge is 2.28. The summed E-state index contributed by atoms with van der Waals surface area (Å²) in [7, 11) is 0. The van der Waals surface area contributed by atoms with Crippen LogP contribution in [0.5, 0.6) is 0 Å². The normalized spacial score (nSPS) is 17.8. The second kappa shape index (κ2) is 7.18. The van der Waals surface area contributed by atoms with E-state index in [1.807, 2.05) is 12.1 Å². The monoisotopic (exact) mass is 391 g/mol. The molecule has 0 aromatic carbocycles. The predicted molar refractivity (Wildman–Crippen MR) is 105 cm³/mol. The van der Waals surface area contributed by atoms with E-state index in [1.165, 1.54) is 47.4 Å². The van der Waals surface area contributed by atoms with Gasteiger partial charge in [-0.25, -0.2) is 15.0 Å². The lowest BCUT2D eigenvalue weighted by Gasteiger charge is -2.43. The molecule has 4 heterocycles. The molecule has 10 heteroatoms. The summed E-state index contributed by atoms with van der Waals surface area (Å²) in [5.74, 6) is 1.30. The molecule has 0 bridgehead atoms. The topological polar surface area (TPSA) is 112 Å². The number of nitriles is 1. The molecule has 0 unspecified atom stereocenters. The molecule has 0 spiro atoms. The van der Waals surface area contributed by atoms with Crippen LogP contribution in [0.15, 0.2) is 35.9 Å². The minimum absolute atomic E-state index is 0.252. The van der Waals surface area contributed by atoms with Gasteiger partial charge in [0.15, 0.2) is 11.5 Å². The number of H-pyrrole nitrogens is 1. The van der Waals surface area contributed by atoms with Crippen LogP contribution in [-0.2, 0) is 0 Å². The Bertz CT molecular complexity index is 1110. The maximum atomic E-state index is 12.8. The lowest BCUT2D eigenvalue weighted by atomic mass is 9.91. The van der Waals surface area contributed by atoms with Crippen molar-refractivity contribution in [3.63, 3.8) is 0 Å². The number of nitrogens with one attached hydrogen (secondary N) is 1. The number of piperazine rings is 1.